The van der Waals surface area contributed by atoms with E-state index in [4.69, 9.17) is 5.73 Å². The third-order valence-corrected chi connectivity index (χ3v) is 4.63. The lowest BCUT2D eigenvalue weighted by Crippen LogP contribution is -2.42. The second kappa shape index (κ2) is 4.10. The van der Waals surface area contributed by atoms with Crippen LogP contribution < -0.4 is 5.73 Å². The largest absolute Gasteiger partial charge is 0.345 e. The lowest BCUT2D eigenvalue weighted by Gasteiger charge is -2.39. The Morgan fingerprint density at radius 3 is 2.94 bits per heavy atom. The predicted octanol–water partition coefficient (Wildman–Crippen LogP) is 1.21. The van der Waals surface area contributed by atoms with Crippen LogP contribution in [0.3, 0.4) is 0 Å². The summed E-state index contributed by atoms with van der Waals surface area (Å²) in [5.74, 6) is 1.77. The molecule has 0 bridgehead atoms. The van der Waals surface area contributed by atoms with Gasteiger partial charge in [0.15, 0.2) is 0 Å². The van der Waals surface area contributed by atoms with Gasteiger partial charge in [0, 0.05) is 36.3 Å². The summed E-state index contributed by atoms with van der Waals surface area (Å²) >= 11 is 0. The van der Waals surface area contributed by atoms with Gasteiger partial charge in [-0.3, -0.25) is 0 Å². The molecule has 1 unspecified atom stereocenters. The van der Waals surface area contributed by atoms with Crippen molar-refractivity contribution in [3.8, 4) is 0 Å². The van der Waals surface area contributed by atoms with E-state index < -0.39 is 0 Å². The van der Waals surface area contributed by atoms with Crippen LogP contribution in [0.2, 0.25) is 0 Å². The summed E-state index contributed by atoms with van der Waals surface area (Å²) in [6.07, 6.45) is 6.96. The van der Waals surface area contributed by atoms with Crippen molar-refractivity contribution in [1.82, 2.24) is 14.9 Å². The molecule has 2 aliphatic rings. The van der Waals surface area contributed by atoms with Gasteiger partial charge in [0.25, 0.3) is 0 Å². The van der Waals surface area contributed by atoms with Crippen LogP contribution in [0.1, 0.15) is 43.1 Å². The van der Waals surface area contributed by atoms with Gasteiger partial charge in [0.2, 0.25) is 0 Å². The second-order valence-electron chi connectivity index (χ2n) is 5.77. The number of nitrogens with two attached hydrogens (primary N) is 1. The fourth-order valence-corrected chi connectivity index (χ4v) is 3.14. The molecule has 0 radical (unpaired) electrons. The highest BCUT2D eigenvalue weighted by Gasteiger charge is 2.40. The standard InChI is InChI=1S/C13H22N4/c1-17-6-3-10(8-17)11-7-15-12(16-11)13(9-14)4-2-5-13/h7,10H,2-6,8-9,14H2,1H3,(H,15,16). The average molecular weight is 234 g/mol. The molecule has 0 amide bonds. The maximum absolute atomic E-state index is 5.92. The first-order valence-corrected chi connectivity index (χ1v) is 6.67. The third kappa shape index (κ3) is 1.79. The maximum atomic E-state index is 5.92. The van der Waals surface area contributed by atoms with E-state index in [0.29, 0.717) is 5.92 Å². The van der Waals surface area contributed by atoms with Crippen molar-refractivity contribution in [3.63, 3.8) is 0 Å². The van der Waals surface area contributed by atoms with Crippen molar-refractivity contribution in [3.05, 3.63) is 17.7 Å². The van der Waals surface area contributed by atoms with Gasteiger partial charge < -0.3 is 15.6 Å². The van der Waals surface area contributed by atoms with Crippen LogP contribution >= 0.6 is 0 Å². The number of nitrogens with zero attached hydrogens (tertiary/aromatic N) is 2. The van der Waals surface area contributed by atoms with E-state index in [9.17, 15) is 0 Å². The molecule has 2 heterocycles. The summed E-state index contributed by atoms with van der Waals surface area (Å²) in [4.78, 5) is 10.5. The molecule has 3 N–H and O–H groups in total. The molecule has 2 fully saturated rings. The SMILES string of the molecule is CN1CCC(c2cnc(C3(CN)CCC3)[nH]2)C1. The van der Waals surface area contributed by atoms with E-state index in [-0.39, 0.29) is 5.41 Å². The Hall–Kier alpha value is -0.870. The summed E-state index contributed by atoms with van der Waals surface area (Å²) in [5, 5.41) is 0. The van der Waals surface area contributed by atoms with Crippen LogP contribution in [0.25, 0.3) is 0 Å². The minimum atomic E-state index is 0.169. The molecule has 0 spiro atoms. The van der Waals surface area contributed by atoms with Crippen molar-refractivity contribution >= 4 is 0 Å². The minimum Gasteiger partial charge on any atom is -0.345 e. The molecule has 1 aliphatic carbocycles. The van der Waals surface area contributed by atoms with Gasteiger partial charge in [-0.25, -0.2) is 4.98 Å². The van der Waals surface area contributed by atoms with Gasteiger partial charge in [-0.2, -0.15) is 0 Å². The number of likely N-dealkylation sites (tertiary alicyclic amines) is 1. The number of imidazole rings is 1. The monoisotopic (exact) mass is 234 g/mol. The van der Waals surface area contributed by atoms with E-state index in [1.54, 1.807) is 0 Å². The Morgan fingerprint density at radius 2 is 2.41 bits per heavy atom. The first-order chi connectivity index (χ1) is 8.23. The predicted molar refractivity (Wildman–Crippen MR) is 68.0 cm³/mol. The Labute approximate surface area is 103 Å². The van der Waals surface area contributed by atoms with E-state index in [1.807, 2.05) is 6.20 Å². The Morgan fingerprint density at radius 1 is 1.59 bits per heavy atom. The molecule has 4 nitrogen and oxygen atoms in total. The summed E-state index contributed by atoms with van der Waals surface area (Å²) in [6.45, 7) is 3.07. The van der Waals surface area contributed by atoms with Crippen molar-refractivity contribution in [2.24, 2.45) is 5.73 Å². The van der Waals surface area contributed by atoms with Gasteiger partial charge in [-0.15, -0.1) is 0 Å². The van der Waals surface area contributed by atoms with Crippen LogP contribution in [-0.4, -0.2) is 41.5 Å². The van der Waals surface area contributed by atoms with Crippen molar-refractivity contribution in [2.75, 3.05) is 26.7 Å². The Kier molecular flexibility index (Phi) is 2.71. The number of aromatic amines is 1. The van der Waals surface area contributed by atoms with Crippen LogP contribution in [0.5, 0.6) is 0 Å². The lowest BCUT2D eigenvalue weighted by atomic mass is 9.68. The van der Waals surface area contributed by atoms with Crippen LogP contribution in [0.15, 0.2) is 6.20 Å². The van der Waals surface area contributed by atoms with E-state index >= 15 is 0 Å². The van der Waals surface area contributed by atoms with Gasteiger partial charge in [-0.05, 0) is 32.9 Å². The van der Waals surface area contributed by atoms with Gasteiger partial charge in [-0.1, -0.05) is 6.42 Å². The Balaban J connectivity index is 1.78. The molecule has 1 aromatic rings. The molecule has 1 atom stereocenters. The van der Waals surface area contributed by atoms with E-state index in [1.165, 1.54) is 37.9 Å². The van der Waals surface area contributed by atoms with Gasteiger partial charge in [0.05, 0.1) is 0 Å². The normalized spacial score (nSPS) is 28.2. The summed E-state index contributed by atoms with van der Waals surface area (Å²) in [7, 11) is 2.19. The number of rotatable bonds is 3. The highest BCUT2D eigenvalue weighted by atomic mass is 15.1. The lowest BCUT2D eigenvalue weighted by molar-refractivity contribution is 0.239. The van der Waals surface area contributed by atoms with Crippen molar-refractivity contribution < 1.29 is 0 Å². The van der Waals surface area contributed by atoms with Gasteiger partial charge >= 0.3 is 0 Å². The molecular weight excluding hydrogens is 212 g/mol. The molecule has 4 heteroatoms. The van der Waals surface area contributed by atoms with Crippen LogP contribution in [0.4, 0.5) is 0 Å². The molecule has 1 saturated carbocycles. The maximum Gasteiger partial charge on any atom is 0.113 e. The summed E-state index contributed by atoms with van der Waals surface area (Å²) < 4.78 is 0. The molecule has 1 aromatic heterocycles. The number of H-pyrrole nitrogens is 1. The summed E-state index contributed by atoms with van der Waals surface area (Å²) in [6, 6.07) is 0. The molecule has 3 rings (SSSR count). The number of hydrogen-bond donors (Lipinski definition) is 2. The fraction of sp³-hybridized carbons (Fsp3) is 0.769. The molecule has 1 saturated heterocycles. The van der Waals surface area contributed by atoms with E-state index in [0.717, 1.165) is 18.9 Å². The van der Waals surface area contributed by atoms with E-state index in [2.05, 4.69) is 21.9 Å². The third-order valence-electron chi connectivity index (χ3n) is 4.63. The molecule has 0 aromatic carbocycles. The topological polar surface area (TPSA) is 57.9 Å². The minimum absolute atomic E-state index is 0.169. The molecular formula is C13H22N4. The van der Waals surface area contributed by atoms with Crippen molar-refractivity contribution in [2.45, 2.75) is 37.0 Å². The smallest absolute Gasteiger partial charge is 0.113 e. The first-order valence-electron chi connectivity index (χ1n) is 6.67. The zero-order valence-corrected chi connectivity index (χ0v) is 10.6. The van der Waals surface area contributed by atoms with Crippen molar-refractivity contribution in [1.29, 1.82) is 0 Å². The number of hydrogen-bond acceptors (Lipinski definition) is 3. The zero-order valence-electron chi connectivity index (χ0n) is 10.6. The zero-order chi connectivity index (χ0) is 11.9. The quantitative estimate of drug-likeness (QED) is 0.826. The molecule has 94 valence electrons. The molecule has 17 heavy (non-hydrogen) atoms. The fourth-order valence-electron chi connectivity index (χ4n) is 3.14. The number of aromatic nitrogens is 2. The van der Waals surface area contributed by atoms with Crippen LogP contribution in [-0.2, 0) is 5.41 Å². The molecule has 1 aliphatic heterocycles. The average Bonchev–Trinajstić information content (AvgIpc) is 2.86. The van der Waals surface area contributed by atoms with Crippen LogP contribution in [0, 0.1) is 0 Å². The highest BCUT2D eigenvalue weighted by molar-refractivity contribution is 5.19. The Bertz CT molecular complexity index is 388. The highest BCUT2D eigenvalue weighted by Crippen LogP contribution is 2.41. The number of likely N-dealkylation sites (N-methyl/N-ethyl adjacent to an activating group) is 1. The summed E-state index contributed by atoms with van der Waals surface area (Å²) in [5.41, 5.74) is 7.40. The van der Waals surface area contributed by atoms with Gasteiger partial charge in [0.1, 0.15) is 5.82 Å². The second-order valence-corrected chi connectivity index (χ2v) is 5.77. The first kappa shape index (κ1) is 11.2. The number of nitrogens with one attached hydrogen (secondary N) is 1.